The van der Waals surface area contributed by atoms with E-state index in [-0.39, 0.29) is 35.7 Å². The van der Waals surface area contributed by atoms with Crippen LogP contribution < -0.4 is 0 Å². The van der Waals surface area contributed by atoms with Gasteiger partial charge in [-0.2, -0.15) is 0 Å². The van der Waals surface area contributed by atoms with Crippen molar-refractivity contribution in [2.75, 3.05) is 13.2 Å². The van der Waals surface area contributed by atoms with Crippen molar-refractivity contribution >= 4 is 22.2 Å². The van der Waals surface area contributed by atoms with Crippen LogP contribution in [0.1, 0.15) is 47.0 Å². The topological polar surface area (TPSA) is 44.8 Å². The van der Waals surface area contributed by atoms with Gasteiger partial charge in [-0.25, -0.2) is 0 Å². The monoisotopic (exact) mass is 438 g/mol. The number of rotatable bonds is 8. The maximum Gasteiger partial charge on any atom is 0.211 e. The van der Waals surface area contributed by atoms with Gasteiger partial charge in [-0.05, 0) is 43.3 Å². The third-order valence-corrected chi connectivity index (χ3v) is 11.3. The van der Waals surface area contributed by atoms with Gasteiger partial charge in [0, 0.05) is 6.61 Å². The number of Topliss-reactive ketones (excluding diaryl/α,β-unsaturated/α-hetero) is 1. The van der Waals surface area contributed by atoms with Crippen molar-refractivity contribution in [2.24, 2.45) is 5.92 Å². The van der Waals surface area contributed by atoms with Crippen molar-refractivity contribution in [3.05, 3.63) is 11.8 Å². The van der Waals surface area contributed by atoms with Crippen molar-refractivity contribution in [3.8, 4) is 11.8 Å². The fraction of sp³-hybridized carbons (Fsp3) is 0.783. The minimum absolute atomic E-state index is 0.0839. The molecule has 0 N–H and O–H groups in total. The van der Waals surface area contributed by atoms with Crippen LogP contribution in [-0.2, 0) is 18.7 Å². The van der Waals surface area contributed by atoms with E-state index < -0.39 is 16.4 Å². The van der Waals surface area contributed by atoms with Crippen LogP contribution in [0, 0.1) is 17.8 Å². The molecular weight excluding hydrogens is 396 g/mol. The molecule has 1 aliphatic heterocycles. The van der Waals surface area contributed by atoms with Crippen LogP contribution >= 0.6 is 0 Å². The summed E-state index contributed by atoms with van der Waals surface area (Å²) in [6.45, 7) is 20.8. The maximum absolute atomic E-state index is 12.7. The van der Waals surface area contributed by atoms with Crippen LogP contribution in [0.4, 0.5) is 0 Å². The van der Waals surface area contributed by atoms with Crippen LogP contribution in [0.25, 0.3) is 0 Å². The molecule has 1 aliphatic rings. The summed E-state index contributed by atoms with van der Waals surface area (Å²) in [4.78, 5) is 12.7. The first-order valence-corrected chi connectivity index (χ1v) is 17.3. The molecule has 1 heterocycles. The zero-order valence-corrected chi connectivity index (χ0v) is 22.1. The molecule has 1 fully saturated rings. The summed E-state index contributed by atoms with van der Waals surface area (Å²) >= 11 is 0. The zero-order chi connectivity index (χ0) is 22.3. The molecule has 1 saturated heterocycles. The molecule has 4 nitrogen and oxygen atoms in total. The molecule has 0 aliphatic carbocycles. The van der Waals surface area contributed by atoms with E-state index in [1.54, 1.807) is 0 Å². The van der Waals surface area contributed by atoms with Gasteiger partial charge in [0.05, 0.1) is 20.1 Å². The van der Waals surface area contributed by atoms with E-state index >= 15 is 0 Å². The first kappa shape index (κ1) is 26.3. The zero-order valence-electron chi connectivity index (χ0n) is 20.1. The maximum atomic E-state index is 12.7. The molecule has 0 aromatic heterocycles. The van der Waals surface area contributed by atoms with Gasteiger partial charge in [0.1, 0.15) is 6.61 Å². The Bertz CT molecular complexity index is 612. The van der Waals surface area contributed by atoms with E-state index in [2.05, 4.69) is 77.1 Å². The van der Waals surface area contributed by atoms with Crippen LogP contribution in [0.5, 0.6) is 0 Å². The molecule has 0 aromatic carbocycles. The van der Waals surface area contributed by atoms with Gasteiger partial charge in [-0.1, -0.05) is 65.0 Å². The molecular formula is C23H42O4Si2. The molecule has 1 unspecified atom stereocenters. The highest BCUT2D eigenvalue weighted by Crippen LogP contribution is 2.38. The van der Waals surface area contributed by atoms with Crippen molar-refractivity contribution in [3.63, 3.8) is 0 Å². The van der Waals surface area contributed by atoms with E-state index in [9.17, 15) is 4.79 Å². The largest absolute Gasteiger partial charge is 0.410 e. The van der Waals surface area contributed by atoms with Crippen LogP contribution in [0.15, 0.2) is 11.8 Å². The third kappa shape index (κ3) is 9.76. The normalized spacial score (nSPS) is 20.8. The van der Waals surface area contributed by atoms with Gasteiger partial charge in [-0.15, -0.1) is 0 Å². The van der Waals surface area contributed by atoms with Gasteiger partial charge in [0.2, 0.25) is 5.78 Å². The molecule has 3 atom stereocenters. The first-order valence-electron chi connectivity index (χ1n) is 10.9. The molecule has 0 radical (unpaired) electrons. The summed E-state index contributed by atoms with van der Waals surface area (Å²) < 4.78 is 17.8. The van der Waals surface area contributed by atoms with Gasteiger partial charge in [0.25, 0.3) is 0 Å². The fourth-order valence-electron chi connectivity index (χ4n) is 2.57. The molecule has 6 heteroatoms. The molecule has 0 bridgehead atoms. The van der Waals surface area contributed by atoms with Gasteiger partial charge in [-0.3, -0.25) is 4.79 Å². The Hall–Kier alpha value is -0.716. The van der Waals surface area contributed by atoms with Gasteiger partial charge < -0.3 is 13.9 Å². The predicted octanol–water partition coefficient (Wildman–Crippen LogP) is 5.56. The van der Waals surface area contributed by atoms with Crippen molar-refractivity contribution < 1.29 is 18.7 Å². The highest BCUT2D eigenvalue weighted by Gasteiger charge is 2.40. The molecule has 0 aromatic rings. The Morgan fingerprint density at radius 2 is 1.86 bits per heavy atom. The average molecular weight is 439 g/mol. The van der Waals surface area contributed by atoms with Crippen molar-refractivity contribution in [1.29, 1.82) is 0 Å². The Labute approximate surface area is 180 Å². The number of carbonyl (C=O) groups excluding carboxylic acids is 1. The van der Waals surface area contributed by atoms with Crippen LogP contribution in [0.3, 0.4) is 0 Å². The Morgan fingerprint density at radius 3 is 2.38 bits per heavy atom. The third-order valence-electron chi connectivity index (χ3n) is 5.62. The summed E-state index contributed by atoms with van der Waals surface area (Å²) in [5.41, 5.74) is 2.27. The van der Waals surface area contributed by atoms with Gasteiger partial charge in [0.15, 0.2) is 14.6 Å². The number of ether oxygens (including phenoxy) is 2. The quantitative estimate of drug-likeness (QED) is 0.283. The number of hydrogen-bond acceptors (Lipinski definition) is 4. The minimum Gasteiger partial charge on any atom is -0.410 e. The molecule has 0 spiro atoms. The lowest BCUT2D eigenvalue weighted by Crippen LogP contribution is -2.46. The molecule has 166 valence electrons. The minimum atomic E-state index is -2.01. The molecule has 0 amide bonds. The lowest BCUT2D eigenvalue weighted by molar-refractivity contribution is -0.154. The van der Waals surface area contributed by atoms with E-state index in [0.717, 1.165) is 25.9 Å². The van der Waals surface area contributed by atoms with Gasteiger partial charge >= 0.3 is 0 Å². The standard InChI is InChI=1S/C23H42O4Si2/c1-19(20(24)13-12-17-26-22-14-10-11-16-25-22)21(15-18-28(5,6)7)27-29(8,9)23(2,3)4/h15,18-19,21-22H,10-11,14,16-17H2,1-9H3/b18-15+/t19-,21-,22?/m1/s1. The number of ketones is 1. The summed E-state index contributed by atoms with van der Waals surface area (Å²) in [5, 5.41) is 0.0839. The second kappa shape index (κ2) is 11.1. The Kier molecular flexibility index (Phi) is 10.0. The lowest BCUT2D eigenvalue weighted by atomic mass is 10.00. The highest BCUT2D eigenvalue weighted by molar-refractivity contribution is 6.81. The lowest BCUT2D eigenvalue weighted by Gasteiger charge is -2.39. The SMILES string of the molecule is C[C@H](C(=O)C#CCOC1CCCCO1)[C@@H](/C=C/[Si](C)(C)C)O[Si](C)(C)C(C)(C)C. The van der Waals surface area contributed by atoms with E-state index in [1.807, 2.05) is 6.92 Å². The Balaban J connectivity index is 2.81. The van der Waals surface area contributed by atoms with E-state index in [1.165, 1.54) is 0 Å². The summed E-state index contributed by atoms with van der Waals surface area (Å²) in [6, 6.07) is 0. The fourth-order valence-corrected chi connectivity index (χ4v) is 4.66. The smallest absolute Gasteiger partial charge is 0.211 e. The van der Waals surface area contributed by atoms with E-state index in [4.69, 9.17) is 13.9 Å². The van der Waals surface area contributed by atoms with Crippen LogP contribution in [-0.4, -0.2) is 47.8 Å². The Morgan fingerprint density at radius 1 is 1.21 bits per heavy atom. The van der Waals surface area contributed by atoms with Crippen molar-refractivity contribution in [1.82, 2.24) is 0 Å². The molecule has 1 rings (SSSR count). The number of hydrogen-bond donors (Lipinski definition) is 0. The second-order valence-electron chi connectivity index (χ2n) is 10.6. The average Bonchev–Trinajstić information content (AvgIpc) is 2.60. The summed E-state index contributed by atoms with van der Waals surface area (Å²) in [7, 11) is -3.41. The predicted molar refractivity (Wildman–Crippen MR) is 126 cm³/mol. The van der Waals surface area contributed by atoms with Crippen LogP contribution in [0.2, 0.25) is 37.8 Å². The number of carbonyl (C=O) groups is 1. The summed E-state index contributed by atoms with van der Waals surface area (Å²) in [6.07, 6.45) is 4.79. The van der Waals surface area contributed by atoms with Crippen molar-refractivity contribution in [2.45, 2.75) is 97.1 Å². The molecule has 29 heavy (non-hydrogen) atoms. The molecule has 0 saturated carbocycles. The highest BCUT2D eigenvalue weighted by atomic mass is 28.4. The van der Waals surface area contributed by atoms with E-state index in [0.29, 0.717) is 0 Å². The second-order valence-corrected chi connectivity index (χ2v) is 20.5. The summed E-state index contributed by atoms with van der Waals surface area (Å²) in [5.74, 6) is 5.23. The first-order chi connectivity index (χ1) is 13.2.